The number of hydrogen-bond acceptors (Lipinski definition) is 4. The fraction of sp³-hybridized carbons (Fsp3) is 0.467. The van der Waals surface area contributed by atoms with E-state index in [1.165, 1.54) is 0 Å². The standard InChI is InChI=1S/C15H19NO4/c1-11-5-7-13(8-6-11)19-12(2)10-15(18)20-16-9-3-4-14(16)17/h5-8,12H,3-4,9-10H2,1-2H3. The number of ether oxygens (including phenoxy) is 1. The van der Waals surface area contributed by atoms with Crippen LogP contribution in [0.15, 0.2) is 24.3 Å². The quantitative estimate of drug-likeness (QED) is 0.828. The van der Waals surface area contributed by atoms with Crippen LogP contribution in [0.1, 0.15) is 31.7 Å². The van der Waals surface area contributed by atoms with Gasteiger partial charge < -0.3 is 9.57 Å². The predicted octanol–water partition coefficient (Wildman–Crippen LogP) is 2.23. The second-order valence-electron chi connectivity index (χ2n) is 5.01. The van der Waals surface area contributed by atoms with Gasteiger partial charge in [0.2, 0.25) is 0 Å². The van der Waals surface area contributed by atoms with Gasteiger partial charge in [-0.25, -0.2) is 4.79 Å². The van der Waals surface area contributed by atoms with Crippen molar-refractivity contribution in [3.63, 3.8) is 0 Å². The minimum absolute atomic E-state index is 0.109. The van der Waals surface area contributed by atoms with Crippen molar-refractivity contribution < 1.29 is 19.2 Å². The van der Waals surface area contributed by atoms with Crippen LogP contribution in [0.2, 0.25) is 0 Å². The number of hydrogen-bond donors (Lipinski definition) is 0. The molecule has 1 aliphatic heterocycles. The van der Waals surface area contributed by atoms with E-state index in [2.05, 4.69) is 0 Å². The van der Waals surface area contributed by atoms with Gasteiger partial charge in [-0.1, -0.05) is 17.7 Å². The van der Waals surface area contributed by atoms with E-state index in [1.54, 1.807) is 6.92 Å². The minimum atomic E-state index is -0.445. The third-order valence-electron chi connectivity index (χ3n) is 3.05. The maximum atomic E-state index is 11.7. The highest BCUT2D eigenvalue weighted by atomic mass is 16.7. The van der Waals surface area contributed by atoms with Crippen molar-refractivity contribution in [3.05, 3.63) is 29.8 Å². The molecule has 1 fully saturated rings. The van der Waals surface area contributed by atoms with Gasteiger partial charge in [-0.3, -0.25) is 4.79 Å². The van der Waals surface area contributed by atoms with Crippen molar-refractivity contribution >= 4 is 11.9 Å². The van der Waals surface area contributed by atoms with Crippen LogP contribution < -0.4 is 4.74 Å². The Morgan fingerprint density at radius 1 is 1.35 bits per heavy atom. The Bertz CT molecular complexity index is 483. The van der Waals surface area contributed by atoms with Crippen LogP contribution >= 0.6 is 0 Å². The summed E-state index contributed by atoms with van der Waals surface area (Å²) in [4.78, 5) is 28.1. The zero-order valence-electron chi connectivity index (χ0n) is 11.8. The summed E-state index contributed by atoms with van der Waals surface area (Å²) in [6.45, 7) is 4.28. The topological polar surface area (TPSA) is 55.8 Å². The number of carbonyl (C=O) groups is 2. The lowest BCUT2D eigenvalue weighted by molar-refractivity contribution is -0.194. The van der Waals surface area contributed by atoms with Crippen molar-refractivity contribution in [2.24, 2.45) is 0 Å². The Balaban J connectivity index is 1.78. The molecule has 0 N–H and O–H groups in total. The summed E-state index contributed by atoms with van der Waals surface area (Å²) >= 11 is 0. The summed E-state index contributed by atoms with van der Waals surface area (Å²) in [6.07, 6.45) is 0.991. The molecule has 20 heavy (non-hydrogen) atoms. The molecule has 1 aromatic rings. The fourth-order valence-electron chi connectivity index (χ4n) is 2.01. The van der Waals surface area contributed by atoms with Crippen LogP contribution in [0.5, 0.6) is 5.75 Å². The average Bonchev–Trinajstić information content (AvgIpc) is 2.77. The van der Waals surface area contributed by atoms with E-state index in [-0.39, 0.29) is 18.4 Å². The largest absolute Gasteiger partial charge is 0.490 e. The molecule has 1 heterocycles. The Labute approximate surface area is 118 Å². The summed E-state index contributed by atoms with van der Waals surface area (Å²) in [5, 5.41) is 1.14. The Hall–Kier alpha value is -2.04. The van der Waals surface area contributed by atoms with Crippen molar-refractivity contribution in [1.82, 2.24) is 5.06 Å². The molecule has 1 saturated heterocycles. The van der Waals surface area contributed by atoms with Crippen LogP contribution in [0, 0.1) is 6.92 Å². The van der Waals surface area contributed by atoms with Gasteiger partial charge in [0.05, 0.1) is 13.0 Å². The Morgan fingerprint density at radius 3 is 2.65 bits per heavy atom. The van der Waals surface area contributed by atoms with Gasteiger partial charge in [-0.05, 0) is 32.4 Å². The normalized spacial score (nSPS) is 16.1. The second-order valence-corrected chi connectivity index (χ2v) is 5.01. The summed E-state index contributed by atoms with van der Waals surface area (Å²) < 4.78 is 5.63. The van der Waals surface area contributed by atoms with E-state index in [0.29, 0.717) is 18.7 Å². The second kappa shape index (κ2) is 6.41. The van der Waals surface area contributed by atoms with E-state index in [0.717, 1.165) is 17.0 Å². The molecule has 0 bridgehead atoms. The predicted molar refractivity (Wildman–Crippen MR) is 72.9 cm³/mol. The lowest BCUT2D eigenvalue weighted by Gasteiger charge is -2.17. The maximum absolute atomic E-state index is 11.7. The zero-order chi connectivity index (χ0) is 14.5. The summed E-state index contributed by atoms with van der Waals surface area (Å²) in [6, 6.07) is 7.62. The third kappa shape index (κ3) is 3.98. The van der Waals surface area contributed by atoms with Crippen LogP contribution in [-0.2, 0) is 14.4 Å². The lowest BCUT2D eigenvalue weighted by atomic mass is 10.2. The molecule has 1 atom stereocenters. The Kier molecular flexibility index (Phi) is 4.61. The van der Waals surface area contributed by atoms with E-state index in [1.807, 2.05) is 31.2 Å². The number of benzene rings is 1. The van der Waals surface area contributed by atoms with Gasteiger partial charge >= 0.3 is 5.97 Å². The van der Waals surface area contributed by atoms with E-state index in [9.17, 15) is 9.59 Å². The number of aryl methyl sites for hydroxylation is 1. The molecule has 0 spiro atoms. The maximum Gasteiger partial charge on any atom is 0.336 e. The fourth-order valence-corrected chi connectivity index (χ4v) is 2.01. The smallest absolute Gasteiger partial charge is 0.336 e. The van der Waals surface area contributed by atoms with Crippen molar-refractivity contribution in [2.75, 3.05) is 6.54 Å². The minimum Gasteiger partial charge on any atom is -0.490 e. The monoisotopic (exact) mass is 277 g/mol. The van der Waals surface area contributed by atoms with Crippen LogP contribution in [0.25, 0.3) is 0 Å². The third-order valence-corrected chi connectivity index (χ3v) is 3.05. The molecule has 1 amide bonds. The summed E-state index contributed by atoms with van der Waals surface area (Å²) in [5.41, 5.74) is 1.15. The van der Waals surface area contributed by atoms with Crippen LogP contribution in [0.4, 0.5) is 0 Å². The van der Waals surface area contributed by atoms with Gasteiger partial charge in [0.1, 0.15) is 11.9 Å². The van der Waals surface area contributed by atoms with E-state index in [4.69, 9.17) is 9.57 Å². The average molecular weight is 277 g/mol. The highest BCUT2D eigenvalue weighted by Gasteiger charge is 2.25. The number of amides is 1. The first-order valence-corrected chi connectivity index (χ1v) is 6.79. The first kappa shape index (κ1) is 14.4. The van der Waals surface area contributed by atoms with E-state index >= 15 is 0 Å². The molecule has 1 aliphatic rings. The molecule has 108 valence electrons. The molecule has 1 aromatic carbocycles. The van der Waals surface area contributed by atoms with Crippen molar-refractivity contribution in [1.29, 1.82) is 0 Å². The number of rotatable bonds is 5. The molecule has 0 aromatic heterocycles. The summed E-state index contributed by atoms with van der Waals surface area (Å²) in [7, 11) is 0. The zero-order valence-corrected chi connectivity index (χ0v) is 11.8. The number of hydroxylamine groups is 2. The molecule has 0 aliphatic carbocycles. The highest BCUT2D eigenvalue weighted by Crippen LogP contribution is 2.16. The van der Waals surface area contributed by atoms with Gasteiger partial charge in [0.15, 0.2) is 0 Å². The van der Waals surface area contributed by atoms with Gasteiger partial charge in [-0.15, -0.1) is 0 Å². The molecule has 0 saturated carbocycles. The molecule has 5 heteroatoms. The lowest BCUT2D eigenvalue weighted by Crippen LogP contribution is -2.30. The Morgan fingerprint density at radius 2 is 2.05 bits per heavy atom. The van der Waals surface area contributed by atoms with Gasteiger partial charge in [-0.2, -0.15) is 5.06 Å². The SMILES string of the molecule is Cc1ccc(OC(C)CC(=O)ON2CCCC2=O)cc1. The first-order chi connectivity index (χ1) is 9.54. The first-order valence-electron chi connectivity index (χ1n) is 6.79. The van der Waals surface area contributed by atoms with Crippen molar-refractivity contribution in [2.45, 2.75) is 39.2 Å². The summed E-state index contributed by atoms with van der Waals surface area (Å²) in [5.74, 6) is 0.137. The van der Waals surface area contributed by atoms with Gasteiger partial charge in [0.25, 0.3) is 5.91 Å². The van der Waals surface area contributed by atoms with E-state index < -0.39 is 5.97 Å². The van der Waals surface area contributed by atoms with Crippen molar-refractivity contribution in [3.8, 4) is 5.75 Å². The molecule has 0 radical (unpaired) electrons. The molecule has 1 unspecified atom stereocenters. The highest BCUT2D eigenvalue weighted by molar-refractivity contribution is 5.79. The molecular weight excluding hydrogens is 258 g/mol. The van der Waals surface area contributed by atoms with Gasteiger partial charge in [0, 0.05) is 6.42 Å². The van der Waals surface area contributed by atoms with Crippen LogP contribution in [-0.4, -0.2) is 29.6 Å². The number of carbonyl (C=O) groups excluding carboxylic acids is 2. The van der Waals surface area contributed by atoms with Crippen LogP contribution in [0.3, 0.4) is 0 Å². The molecular formula is C15H19NO4. The molecule has 2 rings (SSSR count). The number of nitrogens with zero attached hydrogens (tertiary/aromatic N) is 1. The molecule has 5 nitrogen and oxygen atoms in total.